The molecule has 4 rings (SSSR count). The van der Waals surface area contributed by atoms with Crippen LogP contribution in [0.4, 0.5) is 5.69 Å². The topological polar surface area (TPSA) is 89.8 Å². The second-order valence-corrected chi connectivity index (χ2v) is 9.56. The Morgan fingerprint density at radius 2 is 1.67 bits per heavy atom. The third kappa shape index (κ3) is 4.31. The summed E-state index contributed by atoms with van der Waals surface area (Å²) < 4.78 is 29.8. The Hall–Kier alpha value is -2.91. The molecule has 154 valence electrons. The van der Waals surface area contributed by atoms with Gasteiger partial charge in [0.1, 0.15) is 5.82 Å². The number of nitrogens with zero attached hydrogens (tertiary/aromatic N) is 4. The van der Waals surface area contributed by atoms with E-state index in [4.69, 9.17) is 0 Å². The summed E-state index contributed by atoms with van der Waals surface area (Å²) in [6.07, 6.45) is 0. The van der Waals surface area contributed by atoms with Crippen LogP contribution in [0.3, 0.4) is 0 Å². The van der Waals surface area contributed by atoms with Crippen LogP contribution in [0.1, 0.15) is 17.2 Å². The number of fused-ring (bicyclic) bond motifs is 1. The molecule has 0 bridgehead atoms. The van der Waals surface area contributed by atoms with E-state index >= 15 is 0 Å². The SMILES string of the molecule is Cc1cc(C)nc(SCc2nc3cc(NS(=O)(=O)c4ccccc4)ccc3n2C)n1. The van der Waals surface area contributed by atoms with Crippen molar-refractivity contribution in [1.29, 1.82) is 0 Å². The van der Waals surface area contributed by atoms with Crippen LogP contribution < -0.4 is 4.72 Å². The highest BCUT2D eigenvalue weighted by molar-refractivity contribution is 7.98. The van der Waals surface area contributed by atoms with Crippen molar-refractivity contribution in [2.75, 3.05) is 4.72 Å². The molecule has 0 unspecified atom stereocenters. The number of nitrogens with one attached hydrogen (secondary N) is 1. The van der Waals surface area contributed by atoms with Crippen molar-refractivity contribution in [3.63, 3.8) is 0 Å². The van der Waals surface area contributed by atoms with Crippen LogP contribution in [0.2, 0.25) is 0 Å². The van der Waals surface area contributed by atoms with E-state index in [1.807, 2.05) is 37.6 Å². The largest absolute Gasteiger partial charge is 0.330 e. The summed E-state index contributed by atoms with van der Waals surface area (Å²) in [5, 5.41) is 0.718. The Kier molecular flexibility index (Phi) is 5.48. The monoisotopic (exact) mass is 439 g/mol. The molecule has 30 heavy (non-hydrogen) atoms. The van der Waals surface area contributed by atoms with Crippen molar-refractivity contribution in [3.8, 4) is 0 Å². The average molecular weight is 440 g/mol. The highest BCUT2D eigenvalue weighted by Gasteiger charge is 2.15. The quantitative estimate of drug-likeness (QED) is 0.360. The maximum atomic E-state index is 12.6. The number of anilines is 1. The molecule has 4 aromatic rings. The minimum absolute atomic E-state index is 0.219. The van der Waals surface area contributed by atoms with Crippen molar-refractivity contribution in [2.45, 2.75) is 29.7 Å². The van der Waals surface area contributed by atoms with Gasteiger partial charge in [-0.25, -0.2) is 23.4 Å². The van der Waals surface area contributed by atoms with Gasteiger partial charge in [-0.3, -0.25) is 4.72 Å². The predicted octanol–water partition coefficient (Wildman–Crippen LogP) is 4.07. The number of thioether (sulfide) groups is 1. The van der Waals surface area contributed by atoms with Gasteiger partial charge in [0.2, 0.25) is 0 Å². The van der Waals surface area contributed by atoms with E-state index in [9.17, 15) is 8.42 Å². The fourth-order valence-electron chi connectivity index (χ4n) is 3.14. The minimum atomic E-state index is -3.64. The van der Waals surface area contributed by atoms with E-state index < -0.39 is 10.0 Å². The molecule has 0 radical (unpaired) electrons. The Morgan fingerprint density at radius 1 is 0.967 bits per heavy atom. The Morgan fingerprint density at radius 3 is 2.37 bits per heavy atom. The van der Waals surface area contributed by atoms with E-state index in [2.05, 4.69) is 19.7 Å². The van der Waals surface area contributed by atoms with E-state index in [-0.39, 0.29) is 4.90 Å². The number of hydrogen-bond donors (Lipinski definition) is 1. The maximum absolute atomic E-state index is 12.6. The summed E-state index contributed by atoms with van der Waals surface area (Å²) in [5.74, 6) is 1.47. The molecule has 0 saturated heterocycles. The van der Waals surface area contributed by atoms with Crippen LogP contribution in [0.15, 0.2) is 64.6 Å². The first kappa shape index (κ1) is 20.4. The molecule has 9 heteroatoms. The zero-order chi connectivity index (χ0) is 21.3. The van der Waals surface area contributed by atoms with Crippen molar-refractivity contribution < 1.29 is 8.42 Å². The van der Waals surface area contributed by atoms with Gasteiger partial charge in [0.05, 0.1) is 27.4 Å². The van der Waals surface area contributed by atoms with E-state index in [0.29, 0.717) is 11.4 Å². The summed E-state index contributed by atoms with van der Waals surface area (Å²) in [7, 11) is -1.70. The summed E-state index contributed by atoms with van der Waals surface area (Å²) in [5.41, 5.74) is 3.99. The lowest BCUT2D eigenvalue weighted by Gasteiger charge is -2.08. The zero-order valence-electron chi connectivity index (χ0n) is 16.8. The first-order chi connectivity index (χ1) is 14.3. The molecule has 2 aromatic carbocycles. The number of benzene rings is 2. The second kappa shape index (κ2) is 8.08. The number of hydrogen-bond acceptors (Lipinski definition) is 6. The highest BCUT2D eigenvalue weighted by atomic mass is 32.2. The van der Waals surface area contributed by atoms with Gasteiger partial charge >= 0.3 is 0 Å². The standard InChI is InChI=1S/C21H21N5O2S2/c1-14-11-15(2)23-21(22-14)29-13-20-24-18-12-16(9-10-19(18)26(20)3)25-30(27,28)17-7-5-4-6-8-17/h4-12,25H,13H2,1-3H3. The van der Waals surface area contributed by atoms with Gasteiger partial charge < -0.3 is 4.57 Å². The van der Waals surface area contributed by atoms with E-state index in [0.717, 1.165) is 33.4 Å². The Labute approximate surface area is 179 Å². The molecule has 0 spiro atoms. The van der Waals surface area contributed by atoms with Crippen LogP contribution in [-0.2, 0) is 22.8 Å². The van der Waals surface area contributed by atoms with Gasteiger partial charge in [-0.1, -0.05) is 30.0 Å². The number of sulfonamides is 1. The summed E-state index contributed by atoms with van der Waals surface area (Å²) >= 11 is 1.53. The zero-order valence-corrected chi connectivity index (χ0v) is 18.5. The van der Waals surface area contributed by atoms with Gasteiger partial charge in [-0.15, -0.1) is 0 Å². The fraction of sp³-hybridized carbons (Fsp3) is 0.190. The van der Waals surface area contributed by atoms with Crippen molar-refractivity contribution in [3.05, 3.63) is 71.8 Å². The number of aromatic nitrogens is 4. The molecule has 0 saturated carbocycles. The third-order valence-corrected chi connectivity index (χ3v) is 6.81. The normalized spacial score (nSPS) is 11.7. The molecule has 0 amide bonds. The van der Waals surface area contributed by atoms with Gasteiger partial charge in [-0.05, 0) is 50.2 Å². The first-order valence-electron chi connectivity index (χ1n) is 9.30. The smallest absolute Gasteiger partial charge is 0.261 e. The lowest BCUT2D eigenvalue weighted by Crippen LogP contribution is -2.12. The summed E-state index contributed by atoms with van der Waals surface area (Å²) in [6.45, 7) is 3.90. The molecule has 0 aliphatic rings. The lowest BCUT2D eigenvalue weighted by molar-refractivity contribution is 0.601. The summed E-state index contributed by atoms with van der Waals surface area (Å²) in [6, 6.07) is 15.6. The number of rotatable bonds is 6. The Balaban J connectivity index is 1.57. The predicted molar refractivity (Wildman–Crippen MR) is 119 cm³/mol. The fourth-order valence-corrected chi connectivity index (χ4v) is 5.15. The number of aryl methyl sites for hydroxylation is 3. The minimum Gasteiger partial charge on any atom is -0.330 e. The molecule has 0 fully saturated rings. The average Bonchev–Trinajstić information content (AvgIpc) is 3.01. The molecule has 7 nitrogen and oxygen atoms in total. The Bertz CT molecular complexity index is 1300. The van der Waals surface area contributed by atoms with Crippen LogP contribution in [0, 0.1) is 13.8 Å². The van der Waals surface area contributed by atoms with E-state index in [1.165, 1.54) is 11.8 Å². The number of imidazole rings is 1. The van der Waals surface area contributed by atoms with Gasteiger partial charge in [-0.2, -0.15) is 0 Å². The molecule has 1 N–H and O–H groups in total. The van der Waals surface area contributed by atoms with Gasteiger partial charge in [0.25, 0.3) is 10.0 Å². The molecule has 2 heterocycles. The van der Waals surface area contributed by atoms with Crippen LogP contribution in [0.5, 0.6) is 0 Å². The third-order valence-electron chi connectivity index (χ3n) is 4.57. The van der Waals surface area contributed by atoms with Crippen LogP contribution >= 0.6 is 11.8 Å². The van der Waals surface area contributed by atoms with Crippen molar-refractivity contribution >= 4 is 38.5 Å². The van der Waals surface area contributed by atoms with Crippen LogP contribution in [0.25, 0.3) is 11.0 Å². The van der Waals surface area contributed by atoms with Crippen molar-refractivity contribution in [1.82, 2.24) is 19.5 Å². The first-order valence-corrected chi connectivity index (χ1v) is 11.8. The molecule has 0 aliphatic heterocycles. The molecular weight excluding hydrogens is 418 g/mol. The molecular formula is C21H21N5O2S2. The van der Waals surface area contributed by atoms with Crippen LogP contribution in [-0.4, -0.2) is 27.9 Å². The second-order valence-electron chi connectivity index (χ2n) is 6.93. The summed E-state index contributed by atoms with van der Waals surface area (Å²) in [4.78, 5) is 13.8. The molecule has 0 aliphatic carbocycles. The van der Waals surface area contributed by atoms with Crippen molar-refractivity contribution in [2.24, 2.45) is 7.05 Å². The van der Waals surface area contributed by atoms with E-state index in [1.54, 1.807) is 42.5 Å². The maximum Gasteiger partial charge on any atom is 0.261 e. The van der Waals surface area contributed by atoms with Gasteiger partial charge in [0, 0.05) is 18.4 Å². The highest BCUT2D eigenvalue weighted by Crippen LogP contribution is 2.25. The molecule has 2 aromatic heterocycles. The molecule has 0 atom stereocenters. The van der Waals surface area contributed by atoms with Gasteiger partial charge in [0.15, 0.2) is 5.16 Å². The lowest BCUT2D eigenvalue weighted by atomic mass is 10.3.